The summed E-state index contributed by atoms with van der Waals surface area (Å²) in [4.78, 5) is 50.4. The van der Waals surface area contributed by atoms with Gasteiger partial charge >= 0.3 is 17.9 Å². The van der Waals surface area contributed by atoms with Crippen LogP contribution in [0.4, 0.5) is 5.69 Å². The first-order chi connectivity index (χ1) is 16.3. The van der Waals surface area contributed by atoms with Crippen LogP contribution in [-0.2, 0) is 19.1 Å². The molecule has 3 aromatic carbocycles. The predicted octanol–water partition coefficient (Wildman–Crippen LogP) is 4.47. The molecule has 0 aromatic heterocycles. The number of para-hydroxylation sites is 1. The monoisotopic (exact) mass is 501 g/mol. The van der Waals surface area contributed by atoms with Crippen molar-refractivity contribution in [3.8, 4) is 0 Å². The molecule has 0 radical (unpaired) electrons. The Morgan fingerprint density at radius 2 is 1.12 bits per heavy atom. The highest BCUT2D eigenvalue weighted by Gasteiger charge is 2.41. The van der Waals surface area contributed by atoms with Crippen LogP contribution in [0.15, 0.2) is 78.9 Å². The highest BCUT2D eigenvalue weighted by molar-refractivity contribution is 6.34. The smallest absolute Gasteiger partial charge is 0.349 e. The third-order valence-corrected chi connectivity index (χ3v) is 5.13. The van der Waals surface area contributed by atoms with Gasteiger partial charge in [0.1, 0.15) is 0 Å². The van der Waals surface area contributed by atoms with Gasteiger partial charge in [-0.05, 0) is 36.4 Å². The minimum absolute atomic E-state index is 0.00925. The number of carbonyl (C=O) groups is 4. The summed E-state index contributed by atoms with van der Waals surface area (Å²) in [6.45, 7) is 0. The number of carbonyl (C=O) groups excluding carboxylic acids is 3. The number of esters is 2. The van der Waals surface area contributed by atoms with Crippen LogP contribution in [0.2, 0.25) is 10.0 Å². The number of hydrogen-bond donors (Lipinski definition) is 2. The van der Waals surface area contributed by atoms with Crippen LogP contribution in [0, 0.1) is 0 Å². The Morgan fingerprint density at radius 3 is 1.59 bits per heavy atom. The summed E-state index contributed by atoms with van der Waals surface area (Å²) < 4.78 is 10.3. The van der Waals surface area contributed by atoms with Crippen LogP contribution in [0.3, 0.4) is 0 Å². The Hall–Kier alpha value is -3.88. The Kier molecular flexibility index (Phi) is 8.24. The van der Waals surface area contributed by atoms with Gasteiger partial charge in [-0.3, -0.25) is 4.79 Å². The van der Waals surface area contributed by atoms with E-state index >= 15 is 0 Å². The molecule has 0 unspecified atom stereocenters. The molecule has 174 valence electrons. The molecule has 3 aromatic rings. The third kappa shape index (κ3) is 6.12. The second-order valence-electron chi connectivity index (χ2n) is 6.81. The number of nitrogens with one attached hydrogen (secondary N) is 1. The number of hydrogen-bond acceptors (Lipinski definition) is 6. The van der Waals surface area contributed by atoms with Crippen LogP contribution in [0.1, 0.15) is 20.7 Å². The quantitative estimate of drug-likeness (QED) is 0.437. The zero-order valence-corrected chi connectivity index (χ0v) is 18.8. The number of carboxylic acid groups (broad SMARTS) is 1. The summed E-state index contributed by atoms with van der Waals surface area (Å²) in [6.07, 6.45) is -4.26. The molecule has 0 saturated heterocycles. The lowest BCUT2D eigenvalue weighted by molar-refractivity contribution is -0.157. The molecule has 8 nitrogen and oxygen atoms in total. The minimum atomic E-state index is -2.20. The fourth-order valence-corrected chi connectivity index (χ4v) is 3.27. The number of aliphatic carboxylic acids is 1. The standard InChI is InChI=1S/C24H17Cl2NO7/c25-17-12-6-4-10-15(17)23(31)33-19(21(28)27-14-8-2-1-3-9-14)20(22(29)30)34-24(32)16-11-5-7-13-18(16)26/h1-13,19-20H,(H,27,28)(H,29,30)/t19-,20+/m0/s1. The molecule has 0 spiro atoms. The molecular formula is C24H17Cl2NO7. The molecule has 10 heteroatoms. The van der Waals surface area contributed by atoms with Gasteiger partial charge < -0.3 is 19.9 Å². The summed E-state index contributed by atoms with van der Waals surface area (Å²) in [6, 6.07) is 19.7. The summed E-state index contributed by atoms with van der Waals surface area (Å²) in [5.41, 5.74) is 0.0613. The lowest BCUT2D eigenvalue weighted by Crippen LogP contribution is -2.48. The van der Waals surface area contributed by atoms with Gasteiger partial charge in [0.05, 0.1) is 21.2 Å². The van der Waals surface area contributed by atoms with E-state index in [-0.39, 0.29) is 21.2 Å². The highest BCUT2D eigenvalue weighted by Crippen LogP contribution is 2.21. The van der Waals surface area contributed by atoms with Gasteiger partial charge in [-0.25, -0.2) is 14.4 Å². The van der Waals surface area contributed by atoms with Crippen molar-refractivity contribution >= 4 is 52.7 Å². The number of halogens is 2. The molecule has 34 heavy (non-hydrogen) atoms. The first-order valence-electron chi connectivity index (χ1n) is 9.77. The number of amides is 1. The van der Waals surface area contributed by atoms with Gasteiger partial charge in [0, 0.05) is 5.69 Å². The van der Waals surface area contributed by atoms with E-state index in [0.29, 0.717) is 5.69 Å². The summed E-state index contributed by atoms with van der Waals surface area (Å²) in [7, 11) is 0. The Bertz CT molecular complexity index is 1220. The minimum Gasteiger partial charge on any atom is -0.478 e. The number of anilines is 1. The van der Waals surface area contributed by atoms with E-state index in [1.807, 2.05) is 0 Å². The fraction of sp³-hybridized carbons (Fsp3) is 0.0833. The molecule has 0 heterocycles. The molecule has 0 aliphatic rings. The van der Waals surface area contributed by atoms with Crippen molar-refractivity contribution in [2.75, 3.05) is 5.32 Å². The van der Waals surface area contributed by atoms with Crippen molar-refractivity contribution in [2.24, 2.45) is 0 Å². The van der Waals surface area contributed by atoms with Gasteiger partial charge in [-0.1, -0.05) is 65.7 Å². The van der Waals surface area contributed by atoms with Crippen molar-refractivity contribution in [3.63, 3.8) is 0 Å². The van der Waals surface area contributed by atoms with Crippen molar-refractivity contribution in [2.45, 2.75) is 12.2 Å². The highest BCUT2D eigenvalue weighted by atomic mass is 35.5. The average Bonchev–Trinajstić information content (AvgIpc) is 2.82. The van der Waals surface area contributed by atoms with Crippen molar-refractivity contribution < 1.29 is 33.8 Å². The van der Waals surface area contributed by atoms with E-state index in [1.54, 1.807) is 30.3 Å². The van der Waals surface area contributed by atoms with Crippen molar-refractivity contribution in [1.29, 1.82) is 0 Å². The van der Waals surface area contributed by atoms with E-state index in [1.165, 1.54) is 48.5 Å². The summed E-state index contributed by atoms with van der Waals surface area (Å²) in [5, 5.41) is 12.2. The van der Waals surface area contributed by atoms with Crippen LogP contribution in [0.25, 0.3) is 0 Å². The SMILES string of the molecule is O=C(O[C@H](C(=O)Nc1ccccc1)[C@@H](OC(=O)c1ccccc1Cl)C(=O)O)c1ccccc1Cl. The van der Waals surface area contributed by atoms with Crippen molar-refractivity contribution in [1.82, 2.24) is 0 Å². The lowest BCUT2D eigenvalue weighted by atomic mass is 10.1. The van der Waals surface area contributed by atoms with E-state index < -0.39 is 36.0 Å². The van der Waals surface area contributed by atoms with E-state index in [2.05, 4.69) is 5.32 Å². The number of ether oxygens (including phenoxy) is 2. The molecule has 3 rings (SSSR count). The van der Waals surface area contributed by atoms with E-state index in [4.69, 9.17) is 32.7 Å². The first-order valence-corrected chi connectivity index (χ1v) is 10.5. The van der Waals surface area contributed by atoms with Gasteiger partial charge in [0.15, 0.2) is 0 Å². The molecule has 1 amide bonds. The zero-order valence-electron chi connectivity index (χ0n) is 17.3. The second-order valence-corrected chi connectivity index (χ2v) is 7.62. The maximum Gasteiger partial charge on any atom is 0.349 e. The van der Waals surface area contributed by atoms with Gasteiger partial charge in [0.25, 0.3) is 5.91 Å². The fourth-order valence-electron chi connectivity index (χ4n) is 2.84. The maximum absolute atomic E-state index is 13.0. The topological polar surface area (TPSA) is 119 Å². The van der Waals surface area contributed by atoms with Gasteiger partial charge in [0.2, 0.25) is 12.2 Å². The summed E-state index contributed by atoms with van der Waals surface area (Å²) in [5.74, 6) is -4.96. The average molecular weight is 502 g/mol. The Balaban J connectivity index is 1.93. The number of benzene rings is 3. The molecular weight excluding hydrogens is 485 g/mol. The van der Waals surface area contributed by atoms with Gasteiger partial charge in [-0.15, -0.1) is 0 Å². The lowest BCUT2D eigenvalue weighted by Gasteiger charge is -2.24. The Labute approximate surface area is 204 Å². The first kappa shape index (κ1) is 24.8. The number of rotatable bonds is 8. The van der Waals surface area contributed by atoms with Crippen LogP contribution >= 0.6 is 23.2 Å². The molecule has 2 atom stereocenters. The van der Waals surface area contributed by atoms with Crippen molar-refractivity contribution in [3.05, 3.63) is 100 Å². The molecule has 0 aliphatic carbocycles. The largest absolute Gasteiger partial charge is 0.478 e. The predicted molar refractivity (Wildman–Crippen MR) is 124 cm³/mol. The van der Waals surface area contributed by atoms with Gasteiger partial charge in [-0.2, -0.15) is 0 Å². The maximum atomic E-state index is 13.0. The van der Waals surface area contributed by atoms with Crippen LogP contribution in [0.5, 0.6) is 0 Å². The molecule has 0 fully saturated rings. The van der Waals surface area contributed by atoms with Crippen LogP contribution in [-0.4, -0.2) is 41.1 Å². The molecule has 0 aliphatic heterocycles. The molecule has 0 bridgehead atoms. The Morgan fingerprint density at radius 1 is 0.676 bits per heavy atom. The van der Waals surface area contributed by atoms with Crippen LogP contribution < -0.4 is 5.32 Å². The van der Waals surface area contributed by atoms with E-state index in [9.17, 15) is 24.3 Å². The zero-order chi connectivity index (χ0) is 24.7. The second kappa shape index (κ2) is 11.3. The summed E-state index contributed by atoms with van der Waals surface area (Å²) >= 11 is 12.0. The van der Waals surface area contributed by atoms with E-state index in [0.717, 1.165) is 0 Å². The third-order valence-electron chi connectivity index (χ3n) is 4.47. The molecule has 0 saturated carbocycles. The number of carboxylic acids is 1. The molecule has 2 N–H and O–H groups in total. The normalized spacial score (nSPS) is 12.2.